The molecule has 0 radical (unpaired) electrons. The van der Waals surface area contributed by atoms with Gasteiger partial charge in [0.1, 0.15) is 11.9 Å². The summed E-state index contributed by atoms with van der Waals surface area (Å²) in [5, 5.41) is 20.0. The van der Waals surface area contributed by atoms with Crippen LogP contribution < -0.4 is 5.32 Å². The zero-order valence-electron chi connectivity index (χ0n) is 10.9. The van der Waals surface area contributed by atoms with Gasteiger partial charge in [0.15, 0.2) is 0 Å². The minimum Gasteiger partial charge on any atom is -0.480 e. The van der Waals surface area contributed by atoms with Gasteiger partial charge in [-0.2, -0.15) is 0 Å². The number of aryl methyl sites for hydroxylation is 1. The van der Waals surface area contributed by atoms with E-state index in [1.807, 2.05) is 0 Å². The summed E-state index contributed by atoms with van der Waals surface area (Å²) in [7, 11) is 3.35. The Morgan fingerprint density at radius 3 is 2.74 bits per heavy atom. The number of imidazole rings is 1. The first-order valence-electron chi connectivity index (χ1n) is 5.77. The van der Waals surface area contributed by atoms with Crippen LogP contribution in [0.1, 0.15) is 12.2 Å². The van der Waals surface area contributed by atoms with Crippen LogP contribution in [0.25, 0.3) is 0 Å². The molecule has 106 valence electrons. The number of rotatable bonds is 6. The third-order valence-corrected chi connectivity index (χ3v) is 2.66. The second-order valence-electron chi connectivity index (χ2n) is 4.16. The number of amides is 2. The first-order valence-corrected chi connectivity index (χ1v) is 5.77. The van der Waals surface area contributed by atoms with E-state index in [0.29, 0.717) is 5.82 Å². The van der Waals surface area contributed by atoms with Gasteiger partial charge in [0.25, 0.3) is 0 Å². The Bertz CT molecular complexity index is 446. The van der Waals surface area contributed by atoms with Gasteiger partial charge in [0.2, 0.25) is 0 Å². The molecule has 1 aromatic heterocycles. The van der Waals surface area contributed by atoms with Gasteiger partial charge in [-0.1, -0.05) is 0 Å². The molecule has 1 aromatic rings. The Morgan fingerprint density at radius 1 is 1.58 bits per heavy atom. The second-order valence-corrected chi connectivity index (χ2v) is 4.16. The average molecular weight is 270 g/mol. The summed E-state index contributed by atoms with van der Waals surface area (Å²) >= 11 is 0. The van der Waals surface area contributed by atoms with Crippen molar-refractivity contribution in [2.75, 3.05) is 13.7 Å². The van der Waals surface area contributed by atoms with E-state index >= 15 is 0 Å². The van der Waals surface area contributed by atoms with E-state index in [0.717, 1.165) is 0 Å². The summed E-state index contributed by atoms with van der Waals surface area (Å²) in [5.41, 5.74) is 0. The van der Waals surface area contributed by atoms with Crippen molar-refractivity contribution in [3.05, 3.63) is 18.2 Å². The minimum absolute atomic E-state index is 0.0304. The zero-order valence-corrected chi connectivity index (χ0v) is 10.9. The van der Waals surface area contributed by atoms with Crippen LogP contribution in [-0.2, 0) is 18.4 Å². The number of hydrogen-bond acceptors (Lipinski definition) is 4. The molecule has 0 saturated heterocycles. The maximum atomic E-state index is 11.8. The Hall–Kier alpha value is -2.09. The Kier molecular flexibility index (Phi) is 5.31. The maximum absolute atomic E-state index is 11.8. The van der Waals surface area contributed by atoms with E-state index in [2.05, 4.69) is 10.3 Å². The van der Waals surface area contributed by atoms with Gasteiger partial charge in [-0.25, -0.2) is 14.6 Å². The van der Waals surface area contributed by atoms with Gasteiger partial charge in [-0.15, -0.1) is 0 Å². The number of urea groups is 1. The van der Waals surface area contributed by atoms with Gasteiger partial charge >= 0.3 is 12.0 Å². The Morgan fingerprint density at radius 2 is 2.26 bits per heavy atom. The molecular weight excluding hydrogens is 252 g/mol. The number of carbonyl (C=O) groups is 2. The quantitative estimate of drug-likeness (QED) is 0.639. The fourth-order valence-electron chi connectivity index (χ4n) is 1.48. The van der Waals surface area contributed by atoms with Crippen LogP contribution in [0.3, 0.4) is 0 Å². The Labute approximate surface area is 110 Å². The van der Waals surface area contributed by atoms with Gasteiger partial charge in [0.05, 0.1) is 6.54 Å². The number of aromatic nitrogens is 2. The number of carboxylic acid groups (broad SMARTS) is 1. The smallest absolute Gasteiger partial charge is 0.326 e. The lowest BCUT2D eigenvalue weighted by atomic mass is 10.2. The number of aliphatic carboxylic acids is 1. The number of carboxylic acids is 1. The summed E-state index contributed by atoms with van der Waals surface area (Å²) in [4.78, 5) is 28.1. The van der Waals surface area contributed by atoms with E-state index in [4.69, 9.17) is 10.2 Å². The van der Waals surface area contributed by atoms with Gasteiger partial charge in [-0.05, 0) is 0 Å². The lowest BCUT2D eigenvalue weighted by Gasteiger charge is -2.20. The molecule has 2 amide bonds. The highest BCUT2D eigenvalue weighted by Crippen LogP contribution is 2.01. The second kappa shape index (κ2) is 6.74. The molecule has 1 atom stereocenters. The van der Waals surface area contributed by atoms with Crippen molar-refractivity contribution in [3.8, 4) is 0 Å². The van der Waals surface area contributed by atoms with E-state index in [1.165, 1.54) is 4.90 Å². The number of nitrogens with zero attached hydrogens (tertiary/aromatic N) is 3. The molecule has 8 heteroatoms. The van der Waals surface area contributed by atoms with Gasteiger partial charge in [0, 0.05) is 39.5 Å². The Balaban J connectivity index is 2.57. The van der Waals surface area contributed by atoms with Gasteiger partial charge in [-0.3, -0.25) is 0 Å². The summed E-state index contributed by atoms with van der Waals surface area (Å²) in [6.07, 6.45) is 3.34. The molecule has 0 fully saturated rings. The molecule has 0 saturated carbocycles. The monoisotopic (exact) mass is 270 g/mol. The maximum Gasteiger partial charge on any atom is 0.326 e. The highest BCUT2D eigenvalue weighted by Gasteiger charge is 2.21. The van der Waals surface area contributed by atoms with E-state index in [-0.39, 0.29) is 19.6 Å². The van der Waals surface area contributed by atoms with E-state index in [9.17, 15) is 9.59 Å². The molecule has 0 bridgehead atoms. The largest absolute Gasteiger partial charge is 0.480 e. The van der Waals surface area contributed by atoms with Crippen molar-refractivity contribution < 1.29 is 19.8 Å². The highest BCUT2D eigenvalue weighted by atomic mass is 16.4. The number of nitrogens with one attached hydrogen (secondary N) is 1. The van der Waals surface area contributed by atoms with Crippen molar-refractivity contribution in [2.45, 2.75) is 19.0 Å². The predicted molar refractivity (Wildman–Crippen MR) is 66.3 cm³/mol. The lowest BCUT2D eigenvalue weighted by Crippen LogP contribution is -2.47. The molecule has 0 aromatic carbocycles. The number of aliphatic hydroxyl groups is 1. The van der Waals surface area contributed by atoms with E-state index in [1.54, 1.807) is 31.1 Å². The lowest BCUT2D eigenvalue weighted by molar-refractivity contribution is -0.139. The van der Waals surface area contributed by atoms with Crippen LogP contribution in [-0.4, -0.2) is 56.4 Å². The predicted octanol–water partition coefficient (Wildman–Crippen LogP) is -0.603. The molecular formula is C11H18N4O4. The molecule has 0 unspecified atom stereocenters. The SMILES string of the molecule is CN(Cc1nccn1C)C(=O)N[C@@H](CCO)C(=O)O. The molecule has 8 nitrogen and oxygen atoms in total. The van der Waals surface area contributed by atoms with E-state index < -0.39 is 18.0 Å². The fourth-order valence-corrected chi connectivity index (χ4v) is 1.48. The molecule has 0 aliphatic carbocycles. The number of carbonyl (C=O) groups excluding carboxylic acids is 1. The van der Waals surface area contributed by atoms with Crippen LogP contribution in [0.15, 0.2) is 12.4 Å². The van der Waals surface area contributed by atoms with Crippen LogP contribution >= 0.6 is 0 Å². The molecule has 1 rings (SSSR count). The van der Waals surface area contributed by atoms with Crippen molar-refractivity contribution in [2.24, 2.45) is 7.05 Å². The topological polar surface area (TPSA) is 108 Å². The number of hydrogen-bond donors (Lipinski definition) is 3. The highest BCUT2D eigenvalue weighted by molar-refractivity contribution is 5.82. The zero-order chi connectivity index (χ0) is 14.4. The van der Waals surface area contributed by atoms with Gasteiger partial charge < -0.3 is 25.0 Å². The minimum atomic E-state index is -1.17. The van der Waals surface area contributed by atoms with Crippen LogP contribution in [0.2, 0.25) is 0 Å². The van der Waals surface area contributed by atoms with Crippen LogP contribution in [0.5, 0.6) is 0 Å². The molecule has 0 spiro atoms. The molecule has 0 aliphatic rings. The van der Waals surface area contributed by atoms with Crippen molar-refractivity contribution in [1.82, 2.24) is 19.8 Å². The molecule has 0 aliphatic heterocycles. The summed E-state index contributed by atoms with van der Waals surface area (Å²) in [6, 6.07) is -1.62. The summed E-state index contributed by atoms with van der Waals surface area (Å²) < 4.78 is 1.77. The fraction of sp³-hybridized carbons (Fsp3) is 0.545. The third-order valence-electron chi connectivity index (χ3n) is 2.66. The third kappa shape index (κ3) is 4.25. The van der Waals surface area contributed by atoms with Crippen molar-refractivity contribution >= 4 is 12.0 Å². The van der Waals surface area contributed by atoms with Crippen molar-refractivity contribution in [1.29, 1.82) is 0 Å². The summed E-state index contributed by atoms with van der Waals surface area (Å²) in [5.74, 6) is -0.487. The first kappa shape index (κ1) is 15.0. The number of aliphatic hydroxyl groups excluding tert-OH is 1. The molecule has 3 N–H and O–H groups in total. The van der Waals surface area contributed by atoms with Crippen LogP contribution in [0.4, 0.5) is 4.79 Å². The normalized spacial score (nSPS) is 11.9. The summed E-state index contributed by atoms with van der Waals surface area (Å²) in [6.45, 7) is -0.0406. The first-order chi connectivity index (χ1) is 8.95. The van der Waals surface area contributed by atoms with Crippen LogP contribution in [0, 0.1) is 0 Å². The molecule has 19 heavy (non-hydrogen) atoms. The van der Waals surface area contributed by atoms with Crippen molar-refractivity contribution in [3.63, 3.8) is 0 Å². The molecule has 1 heterocycles. The standard InChI is InChI=1S/C11H18N4O4/c1-14-5-4-12-9(14)7-15(2)11(19)13-8(3-6-16)10(17)18/h4-5,8,16H,3,6-7H2,1-2H3,(H,13,19)(H,17,18)/t8-/m0/s1. The average Bonchev–Trinajstić information content (AvgIpc) is 2.74.